The van der Waals surface area contributed by atoms with E-state index in [1.807, 2.05) is 0 Å². The summed E-state index contributed by atoms with van der Waals surface area (Å²) in [5.41, 5.74) is 3.98. The standard InChI is InChI=1S/C15H10F7NO.ClH/c16-12-10(2-1-3-11(12)14(17,18)19)13(23)8-4-6-9(7-5-8)24-15(20,21)22;/h1-7,13H,23H2;1H/t13-;/m0./s1. The summed E-state index contributed by atoms with van der Waals surface area (Å²) in [5.74, 6) is -2.05. The fourth-order valence-corrected chi connectivity index (χ4v) is 2.07. The lowest BCUT2D eigenvalue weighted by Gasteiger charge is -2.17. The van der Waals surface area contributed by atoms with Gasteiger partial charge in [0.2, 0.25) is 0 Å². The second kappa shape index (κ2) is 7.49. The van der Waals surface area contributed by atoms with Crippen LogP contribution < -0.4 is 10.5 Å². The van der Waals surface area contributed by atoms with Crippen molar-refractivity contribution in [3.05, 3.63) is 65.0 Å². The fourth-order valence-electron chi connectivity index (χ4n) is 2.07. The minimum absolute atomic E-state index is 0. The van der Waals surface area contributed by atoms with Crippen LogP contribution >= 0.6 is 12.4 Å². The molecule has 0 saturated carbocycles. The lowest BCUT2D eigenvalue weighted by Crippen LogP contribution is -2.18. The number of rotatable bonds is 3. The highest BCUT2D eigenvalue weighted by atomic mass is 35.5. The van der Waals surface area contributed by atoms with Crippen LogP contribution in [0.1, 0.15) is 22.7 Å². The average Bonchev–Trinajstić information content (AvgIpc) is 2.44. The molecule has 0 aliphatic carbocycles. The van der Waals surface area contributed by atoms with Crippen LogP contribution in [0.4, 0.5) is 30.7 Å². The minimum atomic E-state index is -4.88. The Morgan fingerprint density at radius 2 is 1.44 bits per heavy atom. The van der Waals surface area contributed by atoms with E-state index in [0.29, 0.717) is 6.07 Å². The SMILES string of the molecule is Cl.N[C@@H](c1ccc(OC(F)(F)F)cc1)c1cccc(C(F)(F)F)c1F. The minimum Gasteiger partial charge on any atom is -0.406 e. The summed E-state index contributed by atoms with van der Waals surface area (Å²) >= 11 is 0. The normalized spacial score (nSPS) is 13.1. The van der Waals surface area contributed by atoms with E-state index >= 15 is 0 Å². The molecule has 25 heavy (non-hydrogen) atoms. The molecule has 1 atom stereocenters. The summed E-state index contributed by atoms with van der Waals surface area (Å²) in [6.07, 6.45) is -9.76. The predicted octanol–water partition coefficient (Wildman–Crippen LogP) is 5.21. The molecule has 2 rings (SSSR count). The molecular formula is C15H11ClF7NO. The summed E-state index contributed by atoms with van der Waals surface area (Å²) in [6, 6.07) is 5.48. The number of benzene rings is 2. The van der Waals surface area contributed by atoms with Gasteiger partial charge in [0.15, 0.2) is 0 Å². The molecule has 0 radical (unpaired) electrons. The predicted molar refractivity (Wildman–Crippen MR) is 77.8 cm³/mol. The van der Waals surface area contributed by atoms with E-state index in [2.05, 4.69) is 4.74 Å². The zero-order valence-electron chi connectivity index (χ0n) is 12.2. The number of halogens is 8. The Bertz CT molecular complexity index is 713. The third-order valence-electron chi connectivity index (χ3n) is 3.14. The number of alkyl halides is 6. The summed E-state index contributed by atoms with van der Waals surface area (Å²) in [6.45, 7) is 0. The monoisotopic (exact) mass is 389 g/mol. The molecule has 10 heteroatoms. The van der Waals surface area contributed by atoms with Crippen LogP contribution in [0.5, 0.6) is 5.75 Å². The lowest BCUT2D eigenvalue weighted by atomic mass is 9.97. The largest absolute Gasteiger partial charge is 0.573 e. The lowest BCUT2D eigenvalue weighted by molar-refractivity contribution is -0.274. The van der Waals surface area contributed by atoms with Crippen LogP contribution in [-0.2, 0) is 6.18 Å². The zero-order valence-corrected chi connectivity index (χ0v) is 13.0. The molecule has 0 bridgehead atoms. The molecular weight excluding hydrogens is 379 g/mol. The van der Waals surface area contributed by atoms with Gasteiger partial charge in [0.25, 0.3) is 0 Å². The first-order valence-corrected chi connectivity index (χ1v) is 6.46. The molecule has 0 aliphatic heterocycles. The van der Waals surface area contributed by atoms with Gasteiger partial charge in [-0.05, 0) is 23.8 Å². The van der Waals surface area contributed by atoms with Gasteiger partial charge in [0, 0.05) is 5.56 Å². The first-order valence-electron chi connectivity index (χ1n) is 6.46. The van der Waals surface area contributed by atoms with Gasteiger partial charge in [-0.3, -0.25) is 0 Å². The third-order valence-corrected chi connectivity index (χ3v) is 3.14. The van der Waals surface area contributed by atoms with Gasteiger partial charge >= 0.3 is 12.5 Å². The van der Waals surface area contributed by atoms with Crippen molar-refractivity contribution < 1.29 is 35.5 Å². The van der Waals surface area contributed by atoms with Crippen molar-refractivity contribution >= 4 is 12.4 Å². The van der Waals surface area contributed by atoms with Crippen molar-refractivity contribution in [2.75, 3.05) is 0 Å². The van der Waals surface area contributed by atoms with Crippen LogP contribution in [0.25, 0.3) is 0 Å². The Kier molecular flexibility index (Phi) is 6.30. The van der Waals surface area contributed by atoms with Crippen molar-refractivity contribution in [3.63, 3.8) is 0 Å². The first-order chi connectivity index (χ1) is 11.0. The van der Waals surface area contributed by atoms with Crippen LogP contribution in [0.3, 0.4) is 0 Å². The quantitative estimate of drug-likeness (QED) is 0.731. The average molecular weight is 390 g/mol. The summed E-state index contributed by atoms with van der Waals surface area (Å²) in [7, 11) is 0. The number of ether oxygens (including phenoxy) is 1. The van der Waals surface area contributed by atoms with Gasteiger partial charge < -0.3 is 10.5 Å². The Hall–Kier alpha value is -2.00. The molecule has 0 aromatic heterocycles. The van der Waals surface area contributed by atoms with Crippen LogP contribution in [0.2, 0.25) is 0 Å². The van der Waals surface area contributed by atoms with Gasteiger partial charge in [-0.1, -0.05) is 24.3 Å². The molecule has 2 aromatic carbocycles. The summed E-state index contributed by atoms with van der Waals surface area (Å²) < 4.78 is 92.0. The van der Waals surface area contributed by atoms with Gasteiger partial charge in [-0.15, -0.1) is 25.6 Å². The second-order valence-electron chi connectivity index (χ2n) is 4.80. The van der Waals surface area contributed by atoms with Crippen molar-refractivity contribution in [2.45, 2.75) is 18.6 Å². The number of hydrogen-bond acceptors (Lipinski definition) is 2. The van der Waals surface area contributed by atoms with Crippen LogP contribution in [0.15, 0.2) is 42.5 Å². The molecule has 2 nitrogen and oxygen atoms in total. The molecule has 0 amide bonds. The maximum atomic E-state index is 14.0. The van der Waals surface area contributed by atoms with Crippen LogP contribution in [-0.4, -0.2) is 6.36 Å². The summed E-state index contributed by atoms with van der Waals surface area (Å²) in [5, 5.41) is 0. The third kappa shape index (κ3) is 5.23. The Morgan fingerprint density at radius 3 is 1.92 bits per heavy atom. The van der Waals surface area contributed by atoms with Gasteiger partial charge in [-0.25, -0.2) is 4.39 Å². The smallest absolute Gasteiger partial charge is 0.406 e. The Balaban J connectivity index is 0.00000312. The van der Waals surface area contributed by atoms with E-state index in [0.717, 1.165) is 36.4 Å². The molecule has 0 spiro atoms. The van der Waals surface area contributed by atoms with Gasteiger partial charge in [0.1, 0.15) is 11.6 Å². The molecule has 0 aliphatic rings. The summed E-state index contributed by atoms with van der Waals surface area (Å²) in [4.78, 5) is 0. The molecule has 2 N–H and O–H groups in total. The molecule has 138 valence electrons. The first kappa shape index (κ1) is 21.0. The maximum Gasteiger partial charge on any atom is 0.573 e. The Morgan fingerprint density at radius 1 is 0.880 bits per heavy atom. The van der Waals surface area contributed by atoms with Gasteiger partial charge in [-0.2, -0.15) is 13.2 Å². The van der Waals surface area contributed by atoms with E-state index in [-0.39, 0.29) is 18.0 Å². The van der Waals surface area contributed by atoms with E-state index in [1.165, 1.54) is 0 Å². The molecule has 0 saturated heterocycles. The highest BCUT2D eigenvalue weighted by Gasteiger charge is 2.35. The van der Waals surface area contributed by atoms with E-state index in [1.54, 1.807) is 0 Å². The van der Waals surface area contributed by atoms with Crippen LogP contribution in [0, 0.1) is 5.82 Å². The molecule has 2 aromatic rings. The van der Waals surface area contributed by atoms with E-state index < -0.39 is 41.3 Å². The molecule has 0 heterocycles. The molecule has 0 unspecified atom stereocenters. The highest BCUT2D eigenvalue weighted by Crippen LogP contribution is 2.35. The maximum absolute atomic E-state index is 14.0. The highest BCUT2D eigenvalue weighted by molar-refractivity contribution is 5.85. The Labute approximate surface area is 143 Å². The zero-order chi connectivity index (χ0) is 18.1. The van der Waals surface area contributed by atoms with Crippen molar-refractivity contribution in [1.29, 1.82) is 0 Å². The van der Waals surface area contributed by atoms with E-state index in [9.17, 15) is 30.7 Å². The van der Waals surface area contributed by atoms with Crippen molar-refractivity contribution in [1.82, 2.24) is 0 Å². The topological polar surface area (TPSA) is 35.2 Å². The number of hydrogen-bond donors (Lipinski definition) is 1. The van der Waals surface area contributed by atoms with Crippen molar-refractivity contribution in [3.8, 4) is 5.75 Å². The molecule has 0 fully saturated rings. The van der Waals surface area contributed by atoms with Gasteiger partial charge in [0.05, 0.1) is 11.6 Å². The number of nitrogens with two attached hydrogens (primary N) is 1. The fraction of sp³-hybridized carbons (Fsp3) is 0.200. The second-order valence-corrected chi connectivity index (χ2v) is 4.80. The van der Waals surface area contributed by atoms with E-state index in [4.69, 9.17) is 5.73 Å². The van der Waals surface area contributed by atoms with Crippen molar-refractivity contribution in [2.24, 2.45) is 5.73 Å².